The second kappa shape index (κ2) is 6.58. The summed E-state index contributed by atoms with van der Waals surface area (Å²) in [5.41, 5.74) is 3.55. The predicted octanol–water partition coefficient (Wildman–Crippen LogP) is 3.91. The van der Waals surface area contributed by atoms with Crippen LogP contribution in [0.3, 0.4) is 0 Å². The van der Waals surface area contributed by atoms with E-state index in [2.05, 4.69) is 9.97 Å². The van der Waals surface area contributed by atoms with Crippen molar-refractivity contribution in [3.8, 4) is 0 Å². The Hall–Kier alpha value is -3.41. The highest BCUT2D eigenvalue weighted by molar-refractivity contribution is 6.07. The first-order chi connectivity index (χ1) is 14.0. The molecule has 0 bridgehead atoms. The van der Waals surface area contributed by atoms with Gasteiger partial charge in [0, 0.05) is 35.8 Å². The Morgan fingerprint density at radius 3 is 2.59 bits per heavy atom. The van der Waals surface area contributed by atoms with E-state index < -0.39 is 0 Å². The molecule has 1 aliphatic heterocycles. The number of aromatic amines is 1. The Morgan fingerprint density at radius 2 is 1.83 bits per heavy atom. The van der Waals surface area contributed by atoms with E-state index in [1.54, 1.807) is 6.92 Å². The fourth-order valence-electron chi connectivity index (χ4n) is 4.19. The molecular weight excluding hydrogens is 364 g/mol. The van der Waals surface area contributed by atoms with Crippen molar-refractivity contribution >= 4 is 33.6 Å². The Labute approximate surface area is 168 Å². The van der Waals surface area contributed by atoms with Crippen LogP contribution in [0.2, 0.25) is 0 Å². The lowest BCUT2D eigenvalue weighted by atomic mass is 9.98. The van der Waals surface area contributed by atoms with E-state index in [4.69, 9.17) is 0 Å². The minimum absolute atomic E-state index is 0.00787. The number of fused-ring (bicyclic) bond motifs is 2. The maximum absolute atomic E-state index is 13.1. The van der Waals surface area contributed by atoms with Crippen LogP contribution in [-0.2, 0) is 4.79 Å². The number of imidazole rings is 1. The highest BCUT2D eigenvalue weighted by Gasteiger charge is 2.36. The fourth-order valence-corrected chi connectivity index (χ4v) is 4.19. The molecule has 6 nitrogen and oxygen atoms in total. The molecule has 2 aromatic heterocycles. The van der Waals surface area contributed by atoms with E-state index in [9.17, 15) is 9.59 Å². The molecule has 0 unspecified atom stereocenters. The van der Waals surface area contributed by atoms with Crippen molar-refractivity contribution in [1.29, 1.82) is 0 Å². The third kappa shape index (κ3) is 2.83. The summed E-state index contributed by atoms with van der Waals surface area (Å²) in [6.45, 7) is 4.77. The van der Waals surface area contributed by atoms with Gasteiger partial charge in [-0.15, -0.1) is 0 Å². The molecule has 1 amide bonds. The predicted molar refractivity (Wildman–Crippen MR) is 112 cm³/mol. The minimum Gasteiger partial charge on any atom is -0.342 e. The van der Waals surface area contributed by atoms with Crippen LogP contribution in [0.5, 0.6) is 0 Å². The van der Waals surface area contributed by atoms with Gasteiger partial charge < -0.3 is 14.5 Å². The van der Waals surface area contributed by atoms with Gasteiger partial charge >= 0.3 is 0 Å². The number of nitrogens with one attached hydrogen (secondary N) is 1. The Kier molecular flexibility index (Phi) is 4.01. The van der Waals surface area contributed by atoms with Crippen LogP contribution in [0.1, 0.15) is 42.0 Å². The highest BCUT2D eigenvalue weighted by atomic mass is 16.2. The maximum Gasteiger partial charge on any atom is 0.245 e. The van der Waals surface area contributed by atoms with Crippen LogP contribution < -0.4 is 0 Å². The zero-order valence-electron chi connectivity index (χ0n) is 16.4. The third-order valence-electron chi connectivity index (χ3n) is 5.88. The lowest BCUT2D eigenvalue weighted by molar-refractivity contribution is -0.138. The van der Waals surface area contributed by atoms with Crippen LogP contribution in [0.4, 0.5) is 0 Å². The molecule has 1 saturated heterocycles. The number of hydrogen-bond acceptors (Lipinski definition) is 3. The molecule has 3 heterocycles. The van der Waals surface area contributed by atoms with Gasteiger partial charge in [-0.25, -0.2) is 4.98 Å². The molecule has 6 heteroatoms. The molecule has 146 valence electrons. The van der Waals surface area contributed by atoms with Crippen molar-refractivity contribution in [3.63, 3.8) is 0 Å². The molecular formula is C23H22N4O2. The normalized spacial score (nSPS) is 15.6. The van der Waals surface area contributed by atoms with Gasteiger partial charge in [0.15, 0.2) is 5.78 Å². The Balaban J connectivity index is 1.35. The maximum atomic E-state index is 13.1. The zero-order valence-corrected chi connectivity index (χ0v) is 16.4. The number of aromatic nitrogens is 3. The number of likely N-dealkylation sites (tertiary alicyclic amines) is 1. The summed E-state index contributed by atoms with van der Waals surface area (Å²) in [6.07, 6.45) is 1.81. The van der Waals surface area contributed by atoms with Crippen molar-refractivity contribution in [2.24, 2.45) is 0 Å². The Bertz CT molecular complexity index is 1210. The summed E-state index contributed by atoms with van der Waals surface area (Å²) in [4.78, 5) is 35.0. The number of ketones is 1. The van der Waals surface area contributed by atoms with E-state index in [1.165, 1.54) is 0 Å². The summed E-state index contributed by atoms with van der Waals surface area (Å²) in [5, 5.41) is 0.892. The average molecular weight is 386 g/mol. The molecule has 0 saturated carbocycles. The average Bonchev–Trinajstić information content (AvgIpc) is 3.27. The summed E-state index contributed by atoms with van der Waals surface area (Å²) >= 11 is 0. The smallest absolute Gasteiger partial charge is 0.245 e. The quantitative estimate of drug-likeness (QED) is 0.541. The van der Waals surface area contributed by atoms with Crippen LogP contribution in [0.15, 0.2) is 54.7 Å². The fraction of sp³-hybridized carbons (Fsp3) is 0.261. The molecule has 1 N–H and O–H groups in total. The van der Waals surface area contributed by atoms with Crippen LogP contribution in [0.25, 0.3) is 21.9 Å². The van der Waals surface area contributed by atoms with E-state index in [1.807, 2.05) is 71.1 Å². The summed E-state index contributed by atoms with van der Waals surface area (Å²) in [7, 11) is 0. The van der Waals surface area contributed by atoms with E-state index >= 15 is 0 Å². The Morgan fingerprint density at radius 1 is 1.10 bits per heavy atom. The number of amides is 1. The lowest BCUT2D eigenvalue weighted by Gasteiger charge is -2.39. The molecule has 1 fully saturated rings. The van der Waals surface area contributed by atoms with Crippen molar-refractivity contribution in [1.82, 2.24) is 19.4 Å². The van der Waals surface area contributed by atoms with E-state index in [-0.39, 0.29) is 23.7 Å². The molecule has 1 aliphatic rings. The largest absolute Gasteiger partial charge is 0.342 e. The number of carbonyl (C=O) groups excluding carboxylic acids is 2. The van der Waals surface area contributed by atoms with E-state index in [0.29, 0.717) is 18.7 Å². The number of rotatable bonds is 4. The molecule has 0 aliphatic carbocycles. The van der Waals surface area contributed by atoms with E-state index in [0.717, 1.165) is 27.8 Å². The number of Topliss-reactive ketones (excluding diaryl/α,β-unsaturated/α-hetero) is 1. The second-order valence-corrected chi connectivity index (χ2v) is 7.78. The second-order valence-electron chi connectivity index (χ2n) is 7.78. The first-order valence-electron chi connectivity index (χ1n) is 9.87. The first kappa shape index (κ1) is 17.7. The van der Waals surface area contributed by atoms with Gasteiger partial charge in [0.25, 0.3) is 0 Å². The number of carbonyl (C=O) groups is 2. The minimum atomic E-state index is -0.371. The van der Waals surface area contributed by atoms with Crippen molar-refractivity contribution in [2.45, 2.75) is 25.8 Å². The molecule has 1 atom stereocenters. The van der Waals surface area contributed by atoms with Crippen LogP contribution >= 0.6 is 0 Å². The van der Waals surface area contributed by atoms with Crippen molar-refractivity contribution in [2.75, 3.05) is 13.1 Å². The monoisotopic (exact) mass is 386 g/mol. The standard InChI is InChI=1S/C23H22N4O2/c1-14(27-13-18(15(2)28)17-7-3-6-10-21(17)27)23(29)26-11-16(12-26)22-24-19-8-4-5-9-20(19)25-22/h3-10,13-14,16H,11-12H2,1-2H3,(H,24,25)/t14-/m0/s1. The van der Waals surface area contributed by atoms with Gasteiger partial charge in [0.1, 0.15) is 11.9 Å². The number of nitrogens with zero attached hydrogens (tertiary/aromatic N) is 3. The number of hydrogen-bond donors (Lipinski definition) is 1. The zero-order chi connectivity index (χ0) is 20.1. The topological polar surface area (TPSA) is 71.0 Å². The molecule has 2 aromatic carbocycles. The lowest BCUT2D eigenvalue weighted by Crippen LogP contribution is -2.50. The SMILES string of the molecule is CC(=O)c1cn([C@@H](C)C(=O)N2CC(c3nc4ccccc4[nH]3)C2)c2ccccc12. The third-order valence-corrected chi connectivity index (χ3v) is 5.88. The van der Waals surface area contributed by atoms with Crippen molar-refractivity contribution < 1.29 is 9.59 Å². The molecule has 5 rings (SSSR count). The summed E-state index contributed by atoms with van der Waals surface area (Å²) in [6, 6.07) is 15.3. The number of para-hydroxylation sites is 3. The van der Waals surface area contributed by atoms with Gasteiger partial charge in [0.2, 0.25) is 5.91 Å². The summed E-state index contributed by atoms with van der Waals surface area (Å²) in [5.74, 6) is 1.24. The molecule has 0 radical (unpaired) electrons. The molecule has 0 spiro atoms. The molecule has 29 heavy (non-hydrogen) atoms. The van der Waals surface area contributed by atoms with Gasteiger partial charge in [-0.3, -0.25) is 9.59 Å². The van der Waals surface area contributed by atoms with Gasteiger partial charge in [-0.05, 0) is 32.0 Å². The molecule has 4 aromatic rings. The van der Waals surface area contributed by atoms with Gasteiger partial charge in [0.05, 0.1) is 17.0 Å². The first-order valence-corrected chi connectivity index (χ1v) is 9.87. The van der Waals surface area contributed by atoms with Crippen LogP contribution in [0, 0.1) is 0 Å². The van der Waals surface area contributed by atoms with Crippen molar-refractivity contribution in [3.05, 3.63) is 66.1 Å². The van der Waals surface area contributed by atoms with Crippen LogP contribution in [-0.4, -0.2) is 44.2 Å². The van der Waals surface area contributed by atoms with Gasteiger partial charge in [-0.2, -0.15) is 0 Å². The van der Waals surface area contributed by atoms with Gasteiger partial charge in [-0.1, -0.05) is 30.3 Å². The highest BCUT2D eigenvalue weighted by Crippen LogP contribution is 2.31. The number of benzene rings is 2. The summed E-state index contributed by atoms with van der Waals surface area (Å²) < 4.78 is 1.92. The number of H-pyrrole nitrogens is 1.